The van der Waals surface area contributed by atoms with Crippen LogP contribution in [-0.2, 0) is 11.8 Å². The molecule has 1 aliphatic heterocycles. The van der Waals surface area contributed by atoms with Gasteiger partial charge in [-0.3, -0.25) is 9.48 Å². The fourth-order valence-electron chi connectivity index (χ4n) is 3.44. The van der Waals surface area contributed by atoms with Crippen LogP contribution in [0, 0.1) is 19.8 Å². The molecule has 6 heteroatoms. The van der Waals surface area contributed by atoms with E-state index in [2.05, 4.69) is 42.5 Å². The number of hydrogen-bond donors (Lipinski definition) is 1. The lowest BCUT2D eigenvalue weighted by atomic mass is 9.89. The van der Waals surface area contributed by atoms with Crippen molar-refractivity contribution in [1.29, 1.82) is 0 Å². The van der Waals surface area contributed by atoms with Gasteiger partial charge in [0.1, 0.15) is 0 Å². The molecule has 0 bridgehead atoms. The van der Waals surface area contributed by atoms with Gasteiger partial charge in [-0.2, -0.15) is 5.10 Å². The Bertz CT molecular complexity index is 707. The first-order valence-corrected chi connectivity index (χ1v) is 8.01. The van der Waals surface area contributed by atoms with Crippen LogP contribution in [0.3, 0.4) is 0 Å². The van der Waals surface area contributed by atoms with Gasteiger partial charge in [0, 0.05) is 45.0 Å². The third kappa shape index (κ3) is 3.62. The van der Waals surface area contributed by atoms with Crippen molar-refractivity contribution in [2.24, 2.45) is 13.0 Å². The van der Waals surface area contributed by atoms with Crippen LogP contribution >= 0.6 is 12.4 Å². The van der Waals surface area contributed by atoms with Crippen molar-refractivity contribution in [2.45, 2.75) is 19.8 Å². The summed E-state index contributed by atoms with van der Waals surface area (Å²) in [6.07, 6.45) is 3.88. The van der Waals surface area contributed by atoms with Gasteiger partial charge in [0.15, 0.2) is 0 Å². The van der Waals surface area contributed by atoms with E-state index in [0.717, 1.165) is 17.8 Å². The number of nitrogens with zero attached hydrogens (tertiary/aromatic N) is 3. The molecule has 1 fully saturated rings. The van der Waals surface area contributed by atoms with Crippen LogP contribution in [0.4, 0.5) is 5.69 Å². The lowest BCUT2D eigenvalue weighted by Crippen LogP contribution is -2.36. The number of hydrogen-bond acceptors (Lipinski definition) is 3. The van der Waals surface area contributed by atoms with Crippen molar-refractivity contribution in [1.82, 2.24) is 15.1 Å². The van der Waals surface area contributed by atoms with Crippen LogP contribution in [0.5, 0.6) is 0 Å². The first-order chi connectivity index (χ1) is 11.0. The summed E-state index contributed by atoms with van der Waals surface area (Å²) in [6, 6.07) is 6.25. The van der Waals surface area contributed by atoms with Gasteiger partial charge >= 0.3 is 0 Å². The molecule has 1 aromatic heterocycles. The molecule has 1 aromatic carbocycles. The maximum Gasteiger partial charge on any atom is 0.231 e. The maximum absolute atomic E-state index is 13.0. The van der Waals surface area contributed by atoms with E-state index in [1.54, 1.807) is 9.58 Å². The van der Waals surface area contributed by atoms with Gasteiger partial charge in [-0.25, -0.2) is 0 Å². The van der Waals surface area contributed by atoms with Gasteiger partial charge in [-0.1, -0.05) is 6.07 Å². The second kappa shape index (κ2) is 7.36. The highest BCUT2D eigenvalue weighted by molar-refractivity contribution is 5.95. The van der Waals surface area contributed by atoms with E-state index in [1.165, 1.54) is 11.1 Å². The number of aromatic nitrogens is 2. The molecular formula is C18H25ClN4O. The van der Waals surface area contributed by atoms with E-state index in [-0.39, 0.29) is 30.2 Å². The van der Waals surface area contributed by atoms with Crippen LogP contribution in [0.15, 0.2) is 30.6 Å². The highest BCUT2D eigenvalue weighted by atomic mass is 35.5. The zero-order valence-electron chi connectivity index (χ0n) is 14.6. The molecule has 1 saturated heterocycles. The van der Waals surface area contributed by atoms with E-state index < -0.39 is 0 Å². The molecule has 24 heavy (non-hydrogen) atoms. The summed E-state index contributed by atoms with van der Waals surface area (Å²) in [5.74, 6) is 0.295. The Balaban J connectivity index is 0.00000208. The number of halogens is 1. The molecule has 0 radical (unpaired) electrons. The SMILES string of the molecule is Cc1cc(C)cc(N(C)C(=O)[C@H]2CNC[C@@H]2c2cnn(C)c2)c1.Cl. The molecule has 2 atom stereocenters. The van der Waals surface area contributed by atoms with Crippen molar-refractivity contribution in [3.63, 3.8) is 0 Å². The quantitative estimate of drug-likeness (QED) is 0.926. The Morgan fingerprint density at radius 2 is 1.92 bits per heavy atom. The predicted octanol–water partition coefficient (Wildman–Crippen LogP) is 2.42. The second-order valence-electron chi connectivity index (χ2n) is 6.56. The number of anilines is 1. The van der Waals surface area contributed by atoms with Crippen molar-refractivity contribution >= 4 is 24.0 Å². The molecule has 1 N–H and O–H groups in total. The second-order valence-corrected chi connectivity index (χ2v) is 6.56. The summed E-state index contributed by atoms with van der Waals surface area (Å²) < 4.78 is 1.79. The number of nitrogens with one attached hydrogen (secondary N) is 1. The minimum atomic E-state index is -0.0509. The average molecular weight is 349 g/mol. The normalized spacial score (nSPS) is 19.8. The minimum Gasteiger partial charge on any atom is -0.315 e. The molecule has 2 heterocycles. The van der Waals surface area contributed by atoms with Crippen LogP contribution in [0.25, 0.3) is 0 Å². The molecule has 2 aromatic rings. The Morgan fingerprint density at radius 3 is 2.50 bits per heavy atom. The smallest absolute Gasteiger partial charge is 0.231 e. The van der Waals surface area contributed by atoms with Gasteiger partial charge in [-0.15, -0.1) is 12.4 Å². The summed E-state index contributed by atoms with van der Waals surface area (Å²) in [4.78, 5) is 14.8. The molecular weight excluding hydrogens is 324 g/mol. The van der Waals surface area contributed by atoms with E-state index in [9.17, 15) is 4.79 Å². The Labute approximate surface area is 149 Å². The van der Waals surface area contributed by atoms with Crippen molar-refractivity contribution in [3.05, 3.63) is 47.3 Å². The first-order valence-electron chi connectivity index (χ1n) is 8.01. The maximum atomic E-state index is 13.0. The van der Waals surface area contributed by atoms with Crippen LogP contribution < -0.4 is 10.2 Å². The highest BCUT2D eigenvalue weighted by Gasteiger charge is 2.36. The number of carbonyl (C=O) groups excluding carboxylic acids is 1. The summed E-state index contributed by atoms with van der Waals surface area (Å²) in [5, 5.41) is 7.60. The number of benzene rings is 1. The van der Waals surface area contributed by atoms with E-state index in [0.29, 0.717) is 6.54 Å². The van der Waals surface area contributed by atoms with Gasteiger partial charge < -0.3 is 10.2 Å². The molecule has 3 rings (SSSR count). The zero-order valence-corrected chi connectivity index (χ0v) is 15.4. The average Bonchev–Trinajstić information content (AvgIpc) is 3.13. The fraction of sp³-hybridized carbons (Fsp3) is 0.444. The number of aryl methyl sites for hydroxylation is 3. The van der Waals surface area contributed by atoms with Crippen molar-refractivity contribution in [3.8, 4) is 0 Å². The molecule has 0 spiro atoms. The largest absolute Gasteiger partial charge is 0.315 e. The van der Waals surface area contributed by atoms with Gasteiger partial charge in [0.25, 0.3) is 0 Å². The van der Waals surface area contributed by atoms with E-state index >= 15 is 0 Å². The molecule has 5 nitrogen and oxygen atoms in total. The molecule has 0 unspecified atom stereocenters. The van der Waals surface area contributed by atoms with Crippen LogP contribution in [0.2, 0.25) is 0 Å². The zero-order chi connectivity index (χ0) is 16.6. The highest BCUT2D eigenvalue weighted by Crippen LogP contribution is 2.30. The topological polar surface area (TPSA) is 50.2 Å². The molecule has 130 valence electrons. The number of carbonyl (C=O) groups is 1. The van der Waals surface area contributed by atoms with Gasteiger partial charge in [0.2, 0.25) is 5.91 Å². The lowest BCUT2D eigenvalue weighted by molar-refractivity contribution is -0.121. The standard InChI is InChI=1S/C18H24N4O.ClH/c1-12-5-13(2)7-15(6-12)22(4)18(23)17-10-19-9-16(17)14-8-20-21(3)11-14;/h5-8,11,16-17,19H,9-10H2,1-4H3;1H/t16-,17+;/m1./s1. The van der Waals surface area contributed by atoms with E-state index in [4.69, 9.17) is 0 Å². The minimum absolute atomic E-state index is 0. The van der Waals surface area contributed by atoms with Crippen LogP contribution in [-0.4, -0.2) is 35.8 Å². The Morgan fingerprint density at radius 1 is 1.25 bits per heavy atom. The predicted molar refractivity (Wildman–Crippen MR) is 98.9 cm³/mol. The van der Waals surface area contributed by atoms with Crippen molar-refractivity contribution < 1.29 is 4.79 Å². The third-order valence-corrected chi connectivity index (χ3v) is 4.61. The molecule has 1 aliphatic rings. The first kappa shape index (κ1) is 18.5. The van der Waals surface area contributed by atoms with Crippen molar-refractivity contribution in [2.75, 3.05) is 25.0 Å². The lowest BCUT2D eigenvalue weighted by Gasteiger charge is -2.25. The van der Waals surface area contributed by atoms with Gasteiger partial charge in [0.05, 0.1) is 12.1 Å². The molecule has 0 aliphatic carbocycles. The summed E-state index contributed by atoms with van der Waals surface area (Å²) in [5.41, 5.74) is 4.44. The third-order valence-electron chi connectivity index (χ3n) is 4.61. The summed E-state index contributed by atoms with van der Waals surface area (Å²) in [6.45, 7) is 5.66. The van der Waals surface area contributed by atoms with E-state index in [1.807, 2.05) is 26.5 Å². The fourth-order valence-corrected chi connectivity index (χ4v) is 3.44. The number of amides is 1. The molecule has 1 amide bonds. The Hall–Kier alpha value is -1.85. The molecule has 0 saturated carbocycles. The monoisotopic (exact) mass is 348 g/mol. The summed E-state index contributed by atoms with van der Waals surface area (Å²) >= 11 is 0. The van der Waals surface area contributed by atoms with Crippen LogP contribution in [0.1, 0.15) is 22.6 Å². The summed E-state index contributed by atoms with van der Waals surface area (Å²) in [7, 11) is 3.78. The number of rotatable bonds is 3. The van der Waals surface area contributed by atoms with Gasteiger partial charge in [-0.05, 0) is 42.7 Å². The Kier molecular flexibility index (Phi) is 5.67.